The van der Waals surface area contributed by atoms with Gasteiger partial charge < -0.3 is 10.2 Å². The van der Waals surface area contributed by atoms with Crippen LogP contribution in [-0.4, -0.2) is 72.5 Å². The van der Waals surface area contributed by atoms with Crippen LogP contribution in [0.3, 0.4) is 0 Å². The molecule has 3 aliphatic rings. The van der Waals surface area contributed by atoms with Crippen LogP contribution in [0.25, 0.3) is 0 Å². The van der Waals surface area contributed by atoms with Crippen LogP contribution in [0.2, 0.25) is 5.02 Å². The highest BCUT2D eigenvalue weighted by Crippen LogP contribution is 2.29. The fourth-order valence-corrected chi connectivity index (χ4v) is 6.82. The molecule has 1 unspecified atom stereocenters. The van der Waals surface area contributed by atoms with Crippen LogP contribution in [0.5, 0.6) is 0 Å². The van der Waals surface area contributed by atoms with Crippen molar-refractivity contribution in [3.63, 3.8) is 0 Å². The molecule has 11 heteroatoms. The Kier molecular flexibility index (Phi) is 7.48. The summed E-state index contributed by atoms with van der Waals surface area (Å²) in [5.74, 6) is -1.10. The second kappa shape index (κ2) is 10.2. The lowest BCUT2D eigenvalue weighted by Gasteiger charge is -2.41. The molecular formula is C23H30ClN5O4S. The van der Waals surface area contributed by atoms with Crippen LogP contribution in [-0.2, 0) is 19.8 Å². The number of carbonyl (C=O) groups excluding carboxylic acids is 2. The number of nitriles is 1. The minimum absolute atomic E-state index is 0.112. The summed E-state index contributed by atoms with van der Waals surface area (Å²) >= 11 is 5.95. The number of rotatable bonds is 6. The molecule has 3 heterocycles. The molecule has 2 amide bonds. The van der Waals surface area contributed by atoms with E-state index in [2.05, 4.69) is 11.4 Å². The summed E-state index contributed by atoms with van der Waals surface area (Å²) < 4.78 is 28.5. The van der Waals surface area contributed by atoms with Gasteiger partial charge in [0.2, 0.25) is 11.8 Å². The largest absolute Gasteiger partial charge is 0.348 e. The van der Waals surface area contributed by atoms with Gasteiger partial charge in [-0.1, -0.05) is 23.7 Å². The molecule has 34 heavy (non-hydrogen) atoms. The van der Waals surface area contributed by atoms with E-state index in [-0.39, 0.29) is 43.4 Å². The molecule has 0 spiro atoms. The van der Waals surface area contributed by atoms with Gasteiger partial charge >= 0.3 is 0 Å². The Morgan fingerprint density at radius 2 is 1.76 bits per heavy atom. The Hall–Kier alpha value is -2.19. The van der Waals surface area contributed by atoms with Crippen LogP contribution in [0, 0.1) is 23.2 Å². The molecule has 0 aliphatic carbocycles. The first-order valence-corrected chi connectivity index (χ1v) is 13.5. The minimum atomic E-state index is -3.68. The Balaban J connectivity index is 1.38. The number of likely N-dealkylation sites (tertiary alicyclic amines) is 1. The lowest BCUT2D eigenvalue weighted by molar-refractivity contribution is -0.142. The number of piperidine rings is 1. The van der Waals surface area contributed by atoms with Gasteiger partial charge in [-0.15, -0.1) is 0 Å². The summed E-state index contributed by atoms with van der Waals surface area (Å²) in [4.78, 5) is 28.1. The van der Waals surface area contributed by atoms with Crippen molar-refractivity contribution in [1.82, 2.24) is 18.8 Å². The van der Waals surface area contributed by atoms with E-state index in [4.69, 9.17) is 16.9 Å². The standard InChI is InChI=1S/C23H30ClN5O4S/c1-16(18-6-8-20(24)9-7-18)26-22(30)21-5-3-11-29(21)23(31)19-4-2-10-27(15-19)34(32,33)28-13-17(12-25)14-28/h6-9,16-17,19,21H,2-5,10-11,13-15H2,1H3,(H,26,30)/t16?,19-,21+/m0/s1. The Morgan fingerprint density at radius 3 is 2.44 bits per heavy atom. The number of hydrogen-bond donors (Lipinski definition) is 1. The summed E-state index contributed by atoms with van der Waals surface area (Å²) in [6.45, 7) is 3.26. The third-order valence-corrected chi connectivity index (χ3v) is 9.17. The maximum absolute atomic E-state index is 13.4. The van der Waals surface area contributed by atoms with E-state index < -0.39 is 22.2 Å². The van der Waals surface area contributed by atoms with Gasteiger partial charge in [0, 0.05) is 37.7 Å². The van der Waals surface area contributed by atoms with E-state index in [1.807, 2.05) is 19.1 Å². The van der Waals surface area contributed by atoms with Crippen molar-refractivity contribution >= 4 is 33.6 Å². The first-order valence-electron chi connectivity index (χ1n) is 11.7. The molecule has 0 bridgehead atoms. The monoisotopic (exact) mass is 507 g/mol. The molecular weight excluding hydrogens is 478 g/mol. The van der Waals surface area contributed by atoms with Crippen molar-refractivity contribution in [3.05, 3.63) is 34.9 Å². The molecule has 3 saturated heterocycles. The lowest BCUT2D eigenvalue weighted by Crippen LogP contribution is -2.57. The molecule has 9 nitrogen and oxygen atoms in total. The Labute approximate surface area is 205 Å². The van der Waals surface area contributed by atoms with E-state index in [0.717, 1.165) is 12.0 Å². The van der Waals surface area contributed by atoms with Crippen LogP contribution in [0.1, 0.15) is 44.2 Å². The predicted octanol–water partition coefficient (Wildman–Crippen LogP) is 1.92. The molecule has 1 aromatic carbocycles. The zero-order valence-corrected chi connectivity index (χ0v) is 20.8. The van der Waals surface area contributed by atoms with Crippen molar-refractivity contribution in [3.8, 4) is 6.07 Å². The molecule has 1 aromatic rings. The van der Waals surface area contributed by atoms with E-state index in [1.54, 1.807) is 17.0 Å². The van der Waals surface area contributed by atoms with Crippen LogP contribution < -0.4 is 5.32 Å². The molecule has 4 rings (SSSR count). The third kappa shape index (κ3) is 5.08. The van der Waals surface area contributed by atoms with Gasteiger partial charge in [-0.25, -0.2) is 0 Å². The van der Waals surface area contributed by atoms with Gasteiger partial charge in [0.1, 0.15) is 6.04 Å². The number of halogens is 1. The highest BCUT2D eigenvalue weighted by Gasteiger charge is 2.44. The molecule has 0 saturated carbocycles. The van der Waals surface area contributed by atoms with Gasteiger partial charge in [0.25, 0.3) is 10.2 Å². The van der Waals surface area contributed by atoms with Crippen LogP contribution in [0.15, 0.2) is 24.3 Å². The first-order chi connectivity index (χ1) is 16.2. The number of benzene rings is 1. The fraction of sp³-hybridized carbons (Fsp3) is 0.609. The van der Waals surface area contributed by atoms with Crippen molar-refractivity contribution < 1.29 is 18.0 Å². The molecule has 3 fully saturated rings. The third-order valence-electron chi connectivity index (χ3n) is 6.98. The quantitative estimate of drug-likeness (QED) is 0.632. The average Bonchev–Trinajstić information content (AvgIpc) is 3.28. The van der Waals surface area contributed by atoms with Crippen LogP contribution in [0.4, 0.5) is 0 Å². The Morgan fingerprint density at radius 1 is 1.09 bits per heavy atom. The van der Waals surface area contributed by atoms with Gasteiger partial charge in [-0.2, -0.15) is 22.3 Å². The number of carbonyl (C=O) groups is 2. The van der Waals surface area contributed by atoms with E-state index in [1.165, 1.54) is 8.61 Å². The van der Waals surface area contributed by atoms with Crippen molar-refractivity contribution in [1.29, 1.82) is 5.26 Å². The number of amides is 2. The van der Waals surface area contributed by atoms with Gasteiger partial charge in [-0.05, 0) is 50.3 Å². The number of hydrogen-bond acceptors (Lipinski definition) is 5. The lowest BCUT2D eigenvalue weighted by atomic mass is 9.97. The van der Waals surface area contributed by atoms with E-state index in [0.29, 0.717) is 37.4 Å². The zero-order valence-electron chi connectivity index (χ0n) is 19.2. The van der Waals surface area contributed by atoms with Gasteiger partial charge in [0.05, 0.1) is 23.9 Å². The van der Waals surface area contributed by atoms with Crippen molar-refractivity contribution in [2.45, 2.75) is 44.7 Å². The fourth-order valence-electron chi connectivity index (χ4n) is 4.91. The highest BCUT2D eigenvalue weighted by atomic mass is 35.5. The number of nitrogens with zero attached hydrogens (tertiary/aromatic N) is 4. The van der Waals surface area contributed by atoms with E-state index >= 15 is 0 Å². The summed E-state index contributed by atoms with van der Waals surface area (Å²) in [7, 11) is -3.68. The van der Waals surface area contributed by atoms with Gasteiger partial charge in [0.15, 0.2) is 0 Å². The smallest absolute Gasteiger partial charge is 0.282 e. The molecule has 0 aromatic heterocycles. The first kappa shape index (κ1) is 24.9. The Bertz CT molecular complexity index is 1070. The van der Waals surface area contributed by atoms with Gasteiger partial charge in [-0.3, -0.25) is 9.59 Å². The summed E-state index contributed by atoms with van der Waals surface area (Å²) in [5, 5.41) is 12.6. The minimum Gasteiger partial charge on any atom is -0.348 e. The number of nitrogens with one attached hydrogen (secondary N) is 1. The van der Waals surface area contributed by atoms with Crippen molar-refractivity contribution in [2.75, 3.05) is 32.7 Å². The summed E-state index contributed by atoms with van der Waals surface area (Å²) in [5.41, 5.74) is 0.923. The average molecular weight is 508 g/mol. The summed E-state index contributed by atoms with van der Waals surface area (Å²) in [6.07, 6.45) is 2.50. The second-order valence-corrected chi connectivity index (χ2v) is 11.7. The summed E-state index contributed by atoms with van der Waals surface area (Å²) in [6, 6.07) is 8.56. The predicted molar refractivity (Wildman–Crippen MR) is 127 cm³/mol. The normalized spacial score (nSPS) is 25.4. The zero-order chi connectivity index (χ0) is 24.5. The molecule has 1 N–H and O–H groups in total. The topological polar surface area (TPSA) is 114 Å². The molecule has 0 radical (unpaired) electrons. The highest BCUT2D eigenvalue weighted by molar-refractivity contribution is 7.86. The van der Waals surface area contributed by atoms with E-state index in [9.17, 15) is 18.0 Å². The van der Waals surface area contributed by atoms with Crippen molar-refractivity contribution in [2.24, 2.45) is 11.8 Å². The molecule has 184 valence electrons. The second-order valence-electron chi connectivity index (χ2n) is 9.32. The molecule has 3 aliphatic heterocycles. The maximum atomic E-state index is 13.4. The van der Waals surface area contributed by atoms with Crippen LogP contribution >= 0.6 is 11.6 Å². The maximum Gasteiger partial charge on any atom is 0.282 e. The SMILES string of the molecule is CC(NC(=O)[C@H]1CCCN1C(=O)[C@H]1CCCN(S(=O)(=O)N2CC(C#N)C2)C1)c1ccc(Cl)cc1. The molecule has 3 atom stereocenters.